The molecule has 0 amide bonds. The Morgan fingerprint density at radius 3 is 3.00 bits per heavy atom. The standard InChI is InChI=1S/C8H11BrN2O2/c1-6-7(9)8(13)11(5-10-6)3-2-4-12/h5,12H,2-4H2,1H3. The fourth-order valence-electron chi connectivity index (χ4n) is 0.947. The van der Waals surface area contributed by atoms with Gasteiger partial charge in [0.1, 0.15) is 4.47 Å². The summed E-state index contributed by atoms with van der Waals surface area (Å²) in [7, 11) is 0. The van der Waals surface area contributed by atoms with Gasteiger partial charge in [0.05, 0.1) is 12.0 Å². The van der Waals surface area contributed by atoms with Crippen molar-refractivity contribution in [2.45, 2.75) is 19.9 Å². The van der Waals surface area contributed by atoms with E-state index in [1.54, 1.807) is 6.92 Å². The van der Waals surface area contributed by atoms with Crippen LogP contribution in [0.4, 0.5) is 0 Å². The first-order valence-corrected chi connectivity index (χ1v) is 4.78. The smallest absolute Gasteiger partial charge is 0.267 e. The van der Waals surface area contributed by atoms with Gasteiger partial charge < -0.3 is 5.11 Å². The van der Waals surface area contributed by atoms with E-state index in [0.29, 0.717) is 23.1 Å². The van der Waals surface area contributed by atoms with Crippen LogP contribution in [0.1, 0.15) is 12.1 Å². The second-order valence-corrected chi connectivity index (χ2v) is 3.51. The molecule has 0 saturated carbocycles. The van der Waals surface area contributed by atoms with Crippen LogP contribution >= 0.6 is 15.9 Å². The van der Waals surface area contributed by atoms with E-state index in [9.17, 15) is 4.79 Å². The van der Waals surface area contributed by atoms with Gasteiger partial charge in [0.25, 0.3) is 5.56 Å². The molecule has 5 heteroatoms. The third kappa shape index (κ3) is 2.38. The highest BCUT2D eigenvalue weighted by Gasteiger charge is 2.03. The number of hydrogen-bond donors (Lipinski definition) is 1. The zero-order chi connectivity index (χ0) is 9.84. The van der Waals surface area contributed by atoms with Gasteiger partial charge in [0.15, 0.2) is 0 Å². The van der Waals surface area contributed by atoms with Crippen LogP contribution in [0.15, 0.2) is 15.6 Å². The number of rotatable bonds is 3. The topological polar surface area (TPSA) is 55.1 Å². The molecule has 0 aromatic carbocycles. The molecular formula is C8H11BrN2O2. The van der Waals surface area contributed by atoms with Crippen LogP contribution < -0.4 is 5.56 Å². The van der Waals surface area contributed by atoms with Crippen LogP contribution in [0.5, 0.6) is 0 Å². The number of halogens is 1. The number of nitrogens with zero attached hydrogens (tertiary/aromatic N) is 2. The maximum absolute atomic E-state index is 11.5. The Morgan fingerprint density at radius 2 is 2.38 bits per heavy atom. The average Bonchev–Trinajstić information content (AvgIpc) is 2.13. The van der Waals surface area contributed by atoms with Crippen molar-refractivity contribution in [2.75, 3.05) is 6.61 Å². The molecule has 0 radical (unpaired) electrons. The molecule has 4 nitrogen and oxygen atoms in total. The van der Waals surface area contributed by atoms with Gasteiger partial charge in [-0.25, -0.2) is 4.98 Å². The van der Waals surface area contributed by atoms with E-state index < -0.39 is 0 Å². The molecule has 0 fully saturated rings. The molecule has 1 aromatic rings. The Morgan fingerprint density at radius 1 is 1.69 bits per heavy atom. The zero-order valence-electron chi connectivity index (χ0n) is 7.33. The molecule has 1 N–H and O–H groups in total. The molecule has 0 bridgehead atoms. The molecule has 13 heavy (non-hydrogen) atoms. The molecular weight excluding hydrogens is 236 g/mol. The lowest BCUT2D eigenvalue weighted by atomic mass is 10.4. The number of hydrogen-bond acceptors (Lipinski definition) is 3. The van der Waals surface area contributed by atoms with Crippen LogP contribution in [0.3, 0.4) is 0 Å². The summed E-state index contributed by atoms with van der Waals surface area (Å²) in [5.41, 5.74) is 0.589. The SMILES string of the molecule is Cc1ncn(CCCO)c(=O)c1Br. The fraction of sp³-hybridized carbons (Fsp3) is 0.500. The third-order valence-electron chi connectivity index (χ3n) is 1.71. The Balaban J connectivity index is 2.97. The highest BCUT2D eigenvalue weighted by Crippen LogP contribution is 2.05. The van der Waals surface area contributed by atoms with Crippen LogP contribution in [0.2, 0.25) is 0 Å². The van der Waals surface area contributed by atoms with E-state index >= 15 is 0 Å². The summed E-state index contributed by atoms with van der Waals surface area (Å²) in [4.78, 5) is 15.5. The summed E-state index contributed by atoms with van der Waals surface area (Å²) in [5, 5.41) is 8.59. The van der Waals surface area contributed by atoms with Gasteiger partial charge in [-0.2, -0.15) is 0 Å². The van der Waals surface area contributed by atoms with Gasteiger partial charge in [-0.15, -0.1) is 0 Å². The third-order valence-corrected chi connectivity index (χ3v) is 2.63. The lowest BCUT2D eigenvalue weighted by molar-refractivity contribution is 0.278. The predicted octanol–water partition coefficient (Wildman–Crippen LogP) is 0.697. The number of aryl methyl sites for hydroxylation is 2. The molecule has 0 aliphatic rings. The first-order valence-electron chi connectivity index (χ1n) is 3.99. The fourth-order valence-corrected chi connectivity index (χ4v) is 1.28. The summed E-state index contributed by atoms with van der Waals surface area (Å²) >= 11 is 3.16. The summed E-state index contributed by atoms with van der Waals surface area (Å²) in [6, 6.07) is 0. The Kier molecular flexibility index (Phi) is 3.62. The van der Waals surface area contributed by atoms with E-state index in [1.165, 1.54) is 10.9 Å². The van der Waals surface area contributed by atoms with E-state index in [4.69, 9.17) is 5.11 Å². The van der Waals surface area contributed by atoms with E-state index in [0.717, 1.165) is 0 Å². The molecule has 1 heterocycles. The molecule has 0 aliphatic heterocycles. The van der Waals surface area contributed by atoms with Crippen molar-refractivity contribution in [1.29, 1.82) is 0 Å². The lowest BCUT2D eigenvalue weighted by Gasteiger charge is -2.04. The number of aliphatic hydroxyl groups is 1. The second-order valence-electron chi connectivity index (χ2n) is 2.72. The maximum Gasteiger partial charge on any atom is 0.267 e. The molecule has 72 valence electrons. The Bertz CT molecular complexity index is 348. The molecule has 1 aromatic heterocycles. The van der Waals surface area contributed by atoms with Crippen LogP contribution in [-0.2, 0) is 6.54 Å². The van der Waals surface area contributed by atoms with Gasteiger partial charge in [-0.3, -0.25) is 9.36 Å². The van der Waals surface area contributed by atoms with Crippen molar-refractivity contribution < 1.29 is 5.11 Å². The van der Waals surface area contributed by atoms with E-state index in [-0.39, 0.29) is 12.2 Å². The first-order chi connectivity index (χ1) is 6.16. The van der Waals surface area contributed by atoms with Crippen molar-refractivity contribution in [3.05, 3.63) is 26.8 Å². The van der Waals surface area contributed by atoms with E-state index in [2.05, 4.69) is 20.9 Å². The van der Waals surface area contributed by atoms with Crippen LogP contribution in [-0.4, -0.2) is 21.3 Å². The lowest BCUT2D eigenvalue weighted by Crippen LogP contribution is -2.22. The number of aliphatic hydroxyl groups excluding tert-OH is 1. The van der Waals surface area contributed by atoms with E-state index in [1.807, 2.05) is 0 Å². The Labute approximate surface area is 84.4 Å². The Hall–Kier alpha value is -0.680. The van der Waals surface area contributed by atoms with Crippen molar-refractivity contribution in [2.24, 2.45) is 0 Å². The predicted molar refractivity (Wildman–Crippen MR) is 52.6 cm³/mol. The highest BCUT2D eigenvalue weighted by atomic mass is 79.9. The minimum atomic E-state index is -0.0963. The van der Waals surface area contributed by atoms with Crippen molar-refractivity contribution in [1.82, 2.24) is 9.55 Å². The summed E-state index contributed by atoms with van der Waals surface area (Å²) in [5.74, 6) is 0. The molecule has 1 rings (SSSR count). The first kappa shape index (κ1) is 10.4. The van der Waals surface area contributed by atoms with Gasteiger partial charge in [0.2, 0.25) is 0 Å². The van der Waals surface area contributed by atoms with Gasteiger partial charge >= 0.3 is 0 Å². The average molecular weight is 247 g/mol. The molecule has 0 aliphatic carbocycles. The van der Waals surface area contributed by atoms with Gasteiger partial charge in [-0.1, -0.05) is 0 Å². The van der Waals surface area contributed by atoms with Crippen molar-refractivity contribution in [3.8, 4) is 0 Å². The van der Waals surface area contributed by atoms with Crippen LogP contribution in [0, 0.1) is 6.92 Å². The minimum Gasteiger partial charge on any atom is -0.396 e. The normalized spacial score (nSPS) is 10.4. The summed E-state index contributed by atoms with van der Waals surface area (Å²) in [6.07, 6.45) is 2.06. The monoisotopic (exact) mass is 246 g/mol. The van der Waals surface area contributed by atoms with Crippen molar-refractivity contribution >= 4 is 15.9 Å². The van der Waals surface area contributed by atoms with Gasteiger partial charge in [-0.05, 0) is 29.3 Å². The largest absolute Gasteiger partial charge is 0.396 e. The molecule has 0 spiro atoms. The molecule has 0 unspecified atom stereocenters. The maximum atomic E-state index is 11.5. The quantitative estimate of drug-likeness (QED) is 0.855. The molecule has 0 atom stereocenters. The van der Waals surface area contributed by atoms with Crippen LogP contribution in [0.25, 0.3) is 0 Å². The highest BCUT2D eigenvalue weighted by molar-refractivity contribution is 9.10. The minimum absolute atomic E-state index is 0.0813. The second kappa shape index (κ2) is 4.53. The summed E-state index contributed by atoms with van der Waals surface area (Å²) in [6.45, 7) is 2.35. The number of aromatic nitrogens is 2. The molecule has 0 saturated heterocycles. The van der Waals surface area contributed by atoms with Crippen molar-refractivity contribution in [3.63, 3.8) is 0 Å². The zero-order valence-corrected chi connectivity index (χ0v) is 8.91. The summed E-state index contributed by atoms with van der Waals surface area (Å²) < 4.78 is 1.97. The van der Waals surface area contributed by atoms with Gasteiger partial charge in [0, 0.05) is 13.2 Å².